The van der Waals surface area contributed by atoms with Crippen LogP contribution in [0.5, 0.6) is 11.5 Å². The number of rotatable bonds is 6. The summed E-state index contributed by atoms with van der Waals surface area (Å²) < 4.78 is 24.1. The van der Waals surface area contributed by atoms with E-state index in [-0.39, 0.29) is 24.7 Å². The summed E-state index contributed by atoms with van der Waals surface area (Å²) in [5.41, 5.74) is 0.190. The lowest BCUT2D eigenvalue weighted by molar-refractivity contribution is -0.385. The van der Waals surface area contributed by atoms with Crippen molar-refractivity contribution in [2.24, 2.45) is 0 Å². The highest BCUT2D eigenvalue weighted by atomic mass is 19.1. The number of halogens is 1. The summed E-state index contributed by atoms with van der Waals surface area (Å²) in [5, 5.41) is 19.1. The number of non-ortho nitro benzene ring substituents is 1. The number of benzene rings is 2. The Labute approximate surface area is 125 Å². The van der Waals surface area contributed by atoms with Crippen molar-refractivity contribution in [1.29, 1.82) is 5.26 Å². The smallest absolute Gasteiger partial charge is 0.272 e. The number of hydrogen-bond acceptors (Lipinski definition) is 5. The van der Waals surface area contributed by atoms with Gasteiger partial charge in [0.25, 0.3) is 5.69 Å². The summed E-state index contributed by atoms with van der Waals surface area (Å²) in [6.45, 7) is 0.247. The fraction of sp³-hybridized carbons (Fsp3) is 0.133. The Bertz CT molecular complexity index is 710. The van der Waals surface area contributed by atoms with Crippen LogP contribution in [-0.2, 0) is 0 Å². The van der Waals surface area contributed by atoms with Crippen LogP contribution in [0.25, 0.3) is 0 Å². The second kappa shape index (κ2) is 7.04. The van der Waals surface area contributed by atoms with Gasteiger partial charge in [0.2, 0.25) is 0 Å². The van der Waals surface area contributed by atoms with Crippen molar-refractivity contribution in [3.8, 4) is 17.6 Å². The van der Waals surface area contributed by atoms with Crippen LogP contribution in [0.15, 0.2) is 42.5 Å². The summed E-state index contributed by atoms with van der Waals surface area (Å²) >= 11 is 0. The maximum absolute atomic E-state index is 13.5. The number of nitro benzene ring substituents is 1. The molecule has 0 aliphatic rings. The highest BCUT2D eigenvalue weighted by molar-refractivity contribution is 5.37. The largest absolute Gasteiger partial charge is 0.490 e. The molecule has 2 aromatic carbocycles. The molecule has 0 radical (unpaired) electrons. The molecule has 7 heteroatoms. The first-order valence-corrected chi connectivity index (χ1v) is 6.30. The van der Waals surface area contributed by atoms with Gasteiger partial charge in [-0.15, -0.1) is 0 Å². The minimum atomic E-state index is -0.799. The molecule has 2 aromatic rings. The molecule has 0 unspecified atom stereocenters. The van der Waals surface area contributed by atoms with Gasteiger partial charge in [0.05, 0.1) is 22.6 Å². The lowest BCUT2D eigenvalue weighted by Crippen LogP contribution is -2.09. The summed E-state index contributed by atoms with van der Waals surface area (Å²) in [6.07, 6.45) is 0. The quantitative estimate of drug-likeness (QED) is 0.465. The van der Waals surface area contributed by atoms with Crippen LogP contribution in [0.3, 0.4) is 0 Å². The molecule has 22 heavy (non-hydrogen) atoms. The third-order valence-corrected chi connectivity index (χ3v) is 2.72. The lowest BCUT2D eigenvalue weighted by atomic mass is 10.2. The molecule has 0 saturated carbocycles. The number of hydrogen-bond donors (Lipinski definition) is 0. The first kappa shape index (κ1) is 15.3. The van der Waals surface area contributed by atoms with Crippen LogP contribution in [0.2, 0.25) is 0 Å². The van der Waals surface area contributed by atoms with E-state index in [9.17, 15) is 14.5 Å². The molecule has 0 amide bonds. The number of nitriles is 1. The van der Waals surface area contributed by atoms with Crippen molar-refractivity contribution in [1.82, 2.24) is 0 Å². The molecular weight excluding hydrogens is 291 g/mol. The molecule has 2 rings (SSSR count). The van der Waals surface area contributed by atoms with Crippen LogP contribution in [0.4, 0.5) is 10.1 Å². The lowest BCUT2D eigenvalue weighted by Gasteiger charge is -2.09. The number of ether oxygens (including phenoxy) is 2. The first-order valence-electron chi connectivity index (χ1n) is 6.30. The van der Waals surface area contributed by atoms with E-state index >= 15 is 0 Å². The molecule has 0 spiro atoms. The third-order valence-electron chi connectivity index (χ3n) is 2.72. The van der Waals surface area contributed by atoms with Crippen molar-refractivity contribution in [2.45, 2.75) is 0 Å². The van der Waals surface area contributed by atoms with Crippen molar-refractivity contribution >= 4 is 5.69 Å². The molecule has 0 fully saturated rings. The highest BCUT2D eigenvalue weighted by Gasteiger charge is 2.11. The Hall–Kier alpha value is -3.14. The third kappa shape index (κ3) is 3.93. The second-order valence-corrected chi connectivity index (χ2v) is 4.20. The molecule has 0 aliphatic carbocycles. The van der Waals surface area contributed by atoms with Gasteiger partial charge in [0.15, 0.2) is 11.6 Å². The van der Waals surface area contributed by atoms with E-state index in [4.69, 9.17) is 14.7 Å². The second-order valence-electron chi connectivity index (χ2n) is 4.20. The Morgan fingerprint density at radius 3 is 2.41 bits per heavy atom. The zero-order valence-corrected chi connectivity index (χ0v) is 11.4. The molecule has 0 saturated heterocycles. The minimum Gasteiger partial charge on any atom is -0.490 e. The average molecular weight is 302 g/mol. The van der Waals surface area contributed by atoms with E-state index in [1.807, 2.05) is 6.07 Å². The Morgan fingerprint density at radius 2 is 1.82 bits per heavy atom. The molecule has 0 N–H and O–H groups in total. The van der Waals surface area contributed by atoms with Gasteiger partial charge in [-0.05, 0) is 30.3 Å². The van der Waals surface area contributed by atoms with E-state index in [1.165, 1.54) is 12.1 Å². The van der Waals surface area contributed by atoms with Crippen LogP contribution in [0, 0.1) is 27.3 Å². The van der Waals surface area contributed by atoms with E-state index < -0.39 is 10.7 Å². The zero-order chi connectivity index (χ0) is 15.9. The highest BCUT2D eigenvalue weighted by Crippen LogP contribution is 2.22. The van der Waals surface area contributed by atoms with Gasteiger partial charge < -0.3 is 9.47 Å². The van der Waals surface area contributed by atoms with Crippen LogP contribution in [0.1, 0.15) is 5.56 Å². The van der Waals surface area contributed by atoms with Gasteiger partial charge in [-0.1, -0.05) is 0 Å². The number of nitrogens with zero attached hydrogens (tertiary/aromatic N) is 2. The maximum atomic E-state index is 13.5. The van der Waals surface area contributed by atoms with E-state index in [2.05, 4.69) is 0 Å². The topological polar surface area (TPSA) is 85.4 Å². The summed E-state index contributed by atoms with van der Waals surface area (Å²) in [5.74, 6) is -0.312. The molecular formula is C15H11FN2O4. The van der Waals surface area contributed by atoms with Crippen molar-refractivity contribution in [3.05, 3.63) is 64.0 Å². The van der Waals surface area contributed by atoms with Crippen molar-refractivity contribution in [2.75, 3.05) is 13.2 Å². The van der Waals surface area contributed by atoms with Gasteiger partial charge >= 0.3 is 0 Å². The Kier molecular flexibility index (Phi) is 4.88. The molecule has 0 bridgehead atoms. The Balaban J connectivity index is 1.83. The molecule has 6 nitrogen and oxygen atoms in total. The van der Waals surface area contributed by atoms with Gasteiger partial charge in [-0.25, -0.2) is 4.39 Å². The normalized spacial score (nSPS) is 9.82. The zero-order valence-electron chi connectivity index (χ0n) is 11.4. The SMILES string of the molecule is N#Cc1ccc(OCCOc2ccc([N+](=O)[O-])cc2F)cc1. The van der Waals surface area contributed by atoms with Crippen LogP contribution in [-0.4, -0.2) is 18.1 Å². The van der Waals surface area contributed by atoms with E-state index in [0.29, 0.717) is 11.3 Å². The first-order chi connectivity index (χ1) is 10.6. The van der Waals surface area contributed by atoms with Gasteiger partial charge in [0.1, 0.15) is 19.0 Å². The molecule has 112 valence electrons. The standard InChI is InChI=1S/C15H11FN2O4/c16-14-9-12(18(19)20)3-6-15(14)22-8-7-21-13-4-1-11(10-17)2-5-13/h1-6,9H,7-8H2. The van der Waals surface area contributed by atoms with Crippen molar-refractivity contribution in [3.63, 3.8) is 0 Å². The molecule has 0 heterocycles. The van der Waals surface area contributed by atoms with Crippen molar-refractivity contribution < 1.29 is 18.8 Å². The van der Waals surface area contributed by atoms with E-state index in [0.717, 1.165) is 6.07 Å². The molecule has 0 aliphatic heterocycles. The summed E-state index contributed by atoms with van der Waals surface area (Å²) in [6, 6.07) is 11.7. The monoisotopic (exact) mass is 302 g/mol. The maximum Gasteiger partial charge on any atom is 0.272 e. The molecule has 0 aromatic heterocycles. The Morgan fingerprint density at radius 1 is 1.14 bits per heavy atom. The minimum absolute atomic E-state index is 0.0750. The molecule has 0 atom stereocenters. The van der Waals surface area contributed by atoms with Crippen LogP contribution < -0.4 is 9.47 Å². The fourth-order valence-corrected chi connectivity index (χ4v) is 1.66. The van der Waals surface area contributed by atoms with Crippen LogP contribution >= 0.6 is 0 Å². The van der Waals surface area contributed by atoms with Gasteiger partial charge in [-0.3, -0.25) is 10.1 Å². The number of nitro groups is 1. The average Bonchev–Trinajstić information content (AvgIpc) is 2.53. The predicted molar refractivity (Wildman–Crippen MR) is 75.2 cm³/mol. The van der Waals surface area contributed by atoms with E-state index in [1.54, 1.807) is 24.3 Å². The summed E-state index contributed by atoms with van der Waals surface area (Å²) in [7, 11) is 0. The predicted octanol–water partition coefficient (Wildman–Crippen LogP) is 3.06. The van der Waals surface area contributed by atoms with Gasteiger partial charge in [-0.2, -0.15) is 5.26 Å². The van der Waals surface area contributed by atoms with Gasteiger partial charge in [0, 0.05) is 6.07 Å². The fourth-order valence-electron chi connectivity index (χ4n) is 1.66. The summed E-state index contributed by atoms with van der Waals surface area (Å²) in [4.78, 5) is 9.81.